The molecule has 0 saturated heterocycles. The molecule has 1 aromatic rings. The second-order valence-corrected chi connectivity index (χ2v) is 5.15. The molecule has 21 heavy (non-hydrogen) atoms. The molecule has 0 heterocycles. The molecule has 0 spiro atoms. The van der Waals surface area contributed by atoms with E-state index in [0.717, 1.165) is 11.1 Å². The van der Waals surface area contributed by atoms with Crippen molar-refractivity contribution in [2.24, 2.45) is 5.11 Å². The Balaban J connectivity index is 2.94. The predicted octanol–water partition coefficient (Wildman–Crippen LogP) is 2.98. The summed E-state index contributed by atoms with van der Waals surface area (Å²) in [5.41, 5.74) is 10.5. The zero-order valence-electron chi connectivity index (χ0n) is 13.0. The summed E-state index contributed by atoms with van der Waals surface area (Å²) in [4.78, 5) is 14.9. The van der Waals surface area contributed by atoms with Gasteiger partial charge in [-0.3, -0.25) is 5.32 Å². The number of nitrogens with one attached hydrogen (secondary N) is 1. The summed E-state index contributed by atoms with van der Waals surface area (Å²) >= 11 is 0. The second-order valence-electron chi connectivity index (χ2n) is 5.15. The number of carbonyl (C=O) groups is 1. The first kappa shape index (κ1) is 17.0. The number of nitrogens with zero attached hydrogens (tertiary/aromatic N) is 3. The zero-order chi connectivity index (χ0) is 15.9. The largest absolute Gasteiger partial charge is 0.467 e. The van der Waals surface area contributed by atoms with Crippen molar-refractivity contribution in [3.8, 4) is 0 Å². The molecule has 0 fully saturated rings. The van der Waals surface area contributed by atoms with E-state index in [0.29, 0.717) is 19.5 Å². The average Bonchev–Trinajstić information content (AvgIpc) is 2.48. The van der Waals surface area contributed by atoms with Gasteiger partial charge in [0.1, 0.15) is 5.54 Å². The van der Waals surface area contributed by atoms with Gasteiger partial charge in [-0.15, -0.1) is 0 Å². The highest BCUT2D eigenvalue weighted by Gasteiger charge is 2.35. The minimum Gasteiger partial charge on any atom is -0.467 e. The monoisotopic (exact) mass is 290 g/mol. The molecule has 6 nitrogen and oxygen atoms in total. The van der Waals surface area contributed by atoms with Crippen molar-refractivity contribution in [3.05, 3.63) is 45.3 Å². The summed E-state index contributed by atoms with van der Waals surface area (Å²) < 4.78 is 4.93. The van der Waals surface area contributed by atoms with Crippen molar-refractivity contribution in [1.29, 1.82) is 0 Å². The van der Waals surface area contributed by atoms with Crippen LogP contribution in [0.1, 0.15) is 30.0 Å². The minimum absolute atomic E-state index is 0.338. The molecule has 6 heteroatoms. The Morgan fingerprint density at radius 2 is 2.14 bits per heavy atom. The number of esters is 1. The van der Waals surface area contributed by atoms with Crippen LogP contribution in [0, 0.1) is 13.8 Å². The van der Waals surface area contributed by atoms with Crippen LogP contribution in [0.25, 0.3) is 10.4 Å². The summed E-state index contributed by atoms with van der Waals surface area (Å²) in [6.45, 7) is 6.79. The first-order valence-electron chi connectivity index (χ1n) is 6.87. The van der Waals surface area contributed by atoms with Crippen LogP contribution in [0.5, 0.6) is 0 Å². The SMILES string of the molecule is COC(=O)C(C)(NCCCN=[N+]=[N-])c1ccc(C)c(C)c1. The number of azide groups is 1. The molecular weight excluding hydrogens is 268 g/mol. The van der Waals surface area contributed by atoms with Gasteiger partial charge in [-0.1, -0.05) is 23.3 Å². The molecule has 1 aromatic carbocycles. The molecule has 1 N–H and O–H groups in total. The molecule has 0 aromatic heterocycles. The summed E-state index contributed by atoms with van der Waals surface area (Å²) in [7, 11) is 1.38. The van der Waals surface area contributed by atoms with Gasteiger partial charge in [0.2, 0.25) is 0 Å². The van der Waals surface area contributed by atoms with Gasteiger partial charge in [-0.25, -0.2) is 4.79 Å². The number of aryl methyl sites for hydroxylation is 2. The van der Waals surface area contributed by atoms with Crippen LogP contribution in [0.4, 0.5) is 0 Å². The third-order valence-corrected chi connectivity index (χ3v) is 3.65. The molecular formula is C15H22N4O2. The van der Waals surface area contributed by atoms with Crippen LogP contribution in [-0.4, -0.2) is 26.2 Å². The number of carbonyl (C=O) groups excluding carboxylic acids is 1. The lowest BCUT2D eigenvalue weighted by Crippen LogP contribution is -2.48. The Bertz CT molecular complexity index is 553. The number of ether oxygens (including phenoxy) is 1. The van der Waals surface area contributed by atoms with Crippen LogP contribution in [0.3, 0.4) is 0 Å². The van der Waals surface area contributed by atoms with E-state index in [4.69, 9.17) is 10.3 Å². The third kappa shape index (κ3) is 4.21. The van der Waals surface area contributed by atoms with Crippen LogP contribution in [-0.2, 0) is 15.1 Å². The van der Waals surface area contributed by atoms with Gasteiger partial charge < -0.3 is 4.74 Å². The molecule has 0 aliphatic heterocycles. The summed E-state index contributed by atoms with van der Waals surface area (Å²) in [6.07, 6.45) is 0.654. The Labute approximate surface area is 125 Å². The predicted molar refractivity (Wildman–Crippen MR) is 81.9 cm³/mol. The van der Waals surface area contributed by atoms with Gasteiger partial charge in [0.25, 0.3) is 0 Å². The molecule has 0 aliphatic carbocycles. The van der Waals surface area contributed by atoms with Crippen molar-refractivity contribution < 1.29 is 9.53 Å². The lowest BCUT2D eigenvalue weighted by atomic mass is 9.89. The van der Waals surface area contributed by atoms with Crippen molar-refractivity contribution in [3.63, 3.8) is 0 Å². The fraction of sp³-hybridized carbons (Fsp3) is 0.533. The highest BCUT2D eigenvalue weighted by Crippen LogP contribution is 2.24. The third-order valence-electron chi connectivity index (χ3n) is 3.65. The number of hydrogen-bond donors (Lipinski definition) is 1. The fourth-order valence-corrected chi connectivity index (χ4v) is 2.08. The standard InChI is InChI=1S/C15H22N4O2/c1-11-6-7-13(10-12(11)2)15(3,14(20)21-4)17-8-5-9-18-19-16/h6-7,10,17H,5,8-9H2,1-4H3. The second kappa shape index (κ2) is 7.67. The highest BCUT2D eigenvalue weighted by molar-refractivity contribution is 5.82. The molecule has 0 amide bonds. The van der Waals surface area contributed by atoms with E-state index >= 15 is 0 Å². The highest BCUT2D eigenvalue weighted by atomic mass is 16.5. The summed E-state index contributed by atoms with van der Waals surface area (Å²) in [5.74, 6) is -0.338. The number of hydrogen-bond acceptors (Lipinski definition) is 4. The molecule has 114 valence electrons. The number of benzene rings is 1. The normalized spacial score (nSPS) is 13.1. The van der Waals surface area contributed by atoms with Crippen molar-refractivity contribution in [1.82, 2.24) is 5.32 Å². The van der Waals surface area contributed by atoms with Gasteiger partial charge in [-0.2, -0.15) is 0 Å². The number of rotatable bonds is 7. The van der Waals surface area contributed by atoms with Gasteiger partial charge in [0.05, 0.1) is 7.11 Å². The Morgan fingerprint density at radius 1 is 1.43 bits per heavy atom. The van der Waals surface area contributed by atoms with Gasteiger partial charge in [-0.05, 0) is 56.0 Å². The van der Waals surface area contributed by atoms with E-state index in [1.54, 1.807) is 6.92 Å². The lowest BCUT2D eigenvalue weighted by Gasteiger charge is -2.29. The first-order valence-corrected chi connectivity index (χ1v) is 6.87. The zero-order valence-corrected chi connectivity index (χ0v) is 13.0. The van der Waals surface area contributed by atoms with Crippen LogP contribution in [0.15, 0.2) is 23.3 Å². The smallest absolute Gasteiger partial charge is 0.330 e. The molecule has 0 radical (unpaired) electrons. The summed E-state index contributed by atoms with van der Waals surface area (Å²) in [6, 6.07) is 5.92. The summed E-state index contributed by atoms with van der Waals surface area (Å²) in [5, 5.41) is 6.69. The first-order chi connectivity index (χ1) is 9.95. The van der Waals surface area contributed by atoms with E-state index < -0.39 is 5.54 Å². The molecule has 1 unspecified atom stereocenters. The van der Waals surface area contributed by atoms with E-state index in [-0.39, 0.29) is 5.97 Å². The van der Waals surface area contributed by atoms with E-state index in [2.05, 4.69) is 15.3 Å². The van der Waals surface area contributed by atoms with Crippen molar-refractivity contribution in [2.75, 3.05) is 20.2 Å². The topological polar surface area (TPSA) is 87.1 Å². The quantitative estimate of drug-likeness (QED) is 0.275. The fourth-order valence-electron chi connectivity index (χ4n) is 2.08. The molecule has 1 rings (SSSR count). The van der Waals surface area contributed by atoms with Crippen LogP contribution < -0.4 is 5.32 Å². The van der Waals surface area contributed by atoms with Crippen molar-refractivity contribution in [2.45, 2.75) is 32.7 Å². The Kier molecular flexibility index (Phi) is 6.21. The van der Waals surface area contributed by atoms with E-state index in [1.165, 1.54) is 12.7 Å². The molecule has 1 atom stereocenters. The minimum atomic E-state index is -0.913. The molecule has 0 bridgehead atoms. The maximum absolute atomic E-state index is 12.2. The van der Waals surface area contributed by atoms with Gasteiger partial charge in [0, 0.05) is 11.5 Å². The Hall–Kier alpha value is -2.04. The number of methoxy groups -OCH3 is 1. The maximum Gasteiger partial charge on any atom is 0.330 e. The van der Waals surface area contributed by atoms with Gasteiger partial charge >= 0.3 is 5.97 Å². The van der Waals surface area contributed by atoms with Crippen molar-refractivity contribution >= 4 is 5.97 Å². The Morgan fingerprint density at radius 3 is 2.71 bits per heavy atom. The van der Waals surface area contributed by atoms with E-state index in [9.17, 15) is 4.79 Å². The molecule has 0 saturated carbocycles. The average molecular weight is 290 g/mol. The van der Waals surface area contributed by atoms with Crippen LogP contribution >= 0.6 is 0 Å². The molecule has 0 aliphatic rings. The van der Waals surface area contributed by atoms with Crippen LogP contribution in [0.2, 0.25) is 0 Å². The maximum atomic E-state index is 12.2. The van der Waals surface area contributed by atoms with Gasteiger partial charge in [0.15, 0.2) is 0 Å². The lowest BCUT2D eigenvalue weighted by molar-refractivity contribution is -0.148. The van der Waals surface area contributed by atoms with E-state index in [1.807, 2.05) is 32.0 Å².